The summed E-state index contributed by atoms with van der Waals surface area (Å²) >= 11 is 5.74. The summed E-state index contributed by atoms with van der Waals surface area (Å²) < 4.78 is 13.3. The zero-order valence-electron chi connectivity index (χ0n) is 14.7. The number of nitrogens with one attached hydrogen (secondary N) is 2. The number of fused-ring (bicyclic) bond motifs is 2. The Morgan fingerprint density at radius 2 is 2.00 bits per heavy atom. The van der Waals surface area contributed by atoms with Crippen LogP contribution < -0.4 is 10.6 Å². The lowest BCUT2D eigenvalue weighted by atomic mass is 9.95. The highest BCUT2D eigenvalue weighted by atomic mass is 35.5. The molecule has 6 nitrogen and oxygen atoms in total. The highest BCUT2D eigenvalue weighted by molar-refractivity contribution is 6.31. The molecule has 0 saturated carbocycles. The van der Waals surface area contributed by atoms with Gasteiger partial charge < -0.3 is 15.5 Å². The molecular formula is C20H17ClFN3O3. The van der Waals surface area contributed by atoms with Crippen LogP contribution in [-0.2, 0) is 4.79 Å². The Bertz CT molecular complexity index is 981. The topological polar surface area (TPSA) is 78.5 Å². The van der Waals surface area contributed by atoms with Crippen molar-refractivity contribution < 1.29 is 18.8 Å². The number of nitrogens with zero attached hydrogens (tertiary/aromatic N) is 1. The van der Waals surface area contributed by atoms with Crippen molar-refractivity contribution in [2.75, 3.05) is 11.9 Å². The fourth-order valence-corrected chi connectivity index (χ4v) is 3.82. The van der Waals surface area contributed by atoms with Gasteiger partial charge in [-0.15, -0.1) is 0 Å². The van der Waals surface area contributed by atoms with Crippen LogP contribution in [0.25, 0.3) is 0 Å². The largest absolute Gasteiger partial charge is 0.349 e. The minimum absolute atomic E-state index is 0.131. The maximum Gasteiger partial charge on any atom is 0.256 e. The molecule has 0 aliphatic carbocycles. The average molecular weight is 402 g/mol. The van der Waals surface area contributed by atoms with E-state index in [0.29, 0.717) is 30.6 Å². The van der Waals surface area contributed by atoms with Crippen molar-refractivity contribution in [3.8, 4) is 0 Å². The molecule has 0 spiro atoms. The Kier molecular flexibility index (Phi) is 4.77. The van der Waals surface area contributed by atoms with Crippen LogP contribution in [0.2, 0.25) is 5.02 Å². The summed E-state index contributed by atoms with van der Waals surface area (Å²) in [6.45, 7) is 0.348. The van der Waals surface area contributed by atoms with Gasteiger partial charge in [0.1, 0.15) is 11.9 Å². The lowest BCUT2D eigenvalue weighted by Crippen LogP contribution is -2.55. The normalized spacial score (nSPS) is 21.3. The van der Waals surface area contributed by atoms with Crippen LogP contribution in [0.15, 0.2) is 42.5 Å². The first-order chi connectivity index (χ1) is 13.4. The molecule has 2 aromatic rings. The quantitative estimate of drug-likeness (QED) is 0.812. The maximum absolute atomic E-state index is 13.3. The van der Waals surface area contributed by atoms with Gasteiger partial charge in [-0.2, -0.15) is 0 Å². The summed E-state index contributed by atoms with van der Waals surface area (Å²) in [6.07, 6.45) is 0.810. The van der Waals surface area contributed by atoms with E-state index in [4.69, 9.17) is 11.6 Å². The van der Waals surface area contributed by atoms with Gasteiger partial charge in [0.15, 0.2) is 0 Å². The molecule has 2 heterocycles. The first-order valence-electron chi connectivity index (χ1n) is 8.91. The first kappa shape index (κ1) is 18.4. The van der Waals surface area contributed by atoms with Crippen molar-refractivity contribution in [3.05, 3.63) is 64.4 Å². The van der Waals surface area contributed by atoms with Crippen LogP contribution in [-0.4, -0.2) is 41.2 Å². The van der Waals surface area contributed by atoms with Gasteiger partial charge in [0.25, 0.3) is 11.8 Å². The maximum atomic E-state index is 13.3. The Balaban J connectivity index is 1.50. The van der Waals surface area contributed by atoms with Crippen molar-refractivity contribution in [1.82, 2.24) is 10.2 Å². The molecule has 2 N–H and O–H groups in total. The van der Waals surface area contributed by atoms with Crippen molar-refractivity contribution in [3.63, 3.8) is 0 Å². The van der Waals surface area contributed by atoms with Gasteiger partial charge in [-0.25, -0.2) is 4.39 Å². The molecule has 8 heteroatoms. The molecule has 2 unspecified atom stereocenters. The number of benzene rings is 2. The Morgan fingerprint density at radius 1 is 1.21 bits per heavy atom. The summed E-state index contributed by atoms with van der Waals surface area (Å²) in [5, 5.41) is 5.52. The number of carbonyl (C=O) groups is 3. The highest BCUT2D eigenvalue weighted by Crippen LogP contribution is 2.28. The molecule has 0 radical (unpaired) electrons. The summed E-state index contributed by atoms with van der Waals surface area (Å²) in [5.41, 5.74) is 1.19. The van der Waals surface area contributed by atoms with E-state index in [9.17, 15) is 18.8 Å². The minimum atomic E-state index is -0.671. The van der Waals surface area contributed by atoms with Gasteiger partial charge in [-0.1, -0.05) is 23.7 Å². The summed E-state index contributed by atoms with van der Waals surface area (Å²) in [4.78, 5) is 39.5. The number of carbonyl (C=O) groups excluding carboxylic acids is 3. The minimum Gasteiger partial charge on any atom is -0.349 e. The lowest BCUT2D eigenvalue weighted by Gasteiger charge is -2.37. The van der Waals surface area contributed by atoms with E-state index >= 15 is 0 Å². The molecule has 1 fully saturated rings. The average Bonchev–Trinajstić information content (AvgIpc) is 2.79. The number of para-hydroxylation sites is 1. The molecule has 144 valence electrons. The number of hydrogen-bond donors (Lipinski definition) is 2. The molecule has 1 saturated heterocycles. The molecule has 2 atom stereocenters. The molecule has 3 amide bonds. The number of anilines is 1. The monoisotopic (exact) mass is 401 g/mol. The Labute approximate surface area is 165 Å². The van der Waals surface area contributed by atoms with Crippen molar-refractivity contribution in [2.24, 2.45) is 0 Å². The van der Waals surface area contributed by atoms with Crippen molar-refractivity contribution in [2.45, 2.75) is 24.9 Å². The van der Waals surface area contributed by atoms with Gasteiger partial charge >= 0.3 is 0 Å². The number of rotatable bonds is 2. The standard InChI is InChI=1S/C20H17ClFN3O3/c21-14-9-11(5-6-15(14)22)18(26)23-12-7-8-25-17(10-12)19(27)24-16-4-2-1-3-13(16)20(25)28/h1-6,9,12,17H,7-8,10H2,(H,23,26)(H,24,27). The Hall–Kier alpha value is -2.93. The van der Waals surface area contributed by atoms with Gasteiger partial charge in [0.2, 0.25) is 5.91 Å². The molecule has 0 bridgehead atoms. The van der Waals surface area contributed by atoms with Gasteiger partial charge in [-0.05, 0) is 43.2 Å². The second-order valence-electron chi connectivity index (χ2n) is 6.87. The molecule has 2 aliphatic rings. The van der Waals surface area contributed by atoms with E-state index in [0.717, 1.165) is 6.07 Å². The fourth-order valence-electron chi connectivity index (χ4n) is 3.64. The molecule has 2 aliphatic heterocycles. The molecule has 4 rings (SSSR count). The second-order valence-corrected chi connectivity index (χ2v) is 7.28. The molecular weight excluding hydrogens is 385 g/mol. The van der Waals surface area contributed by atoms with Crippen LogP contribution >= 0.6 is 11.6 Å². The van der Waals surface area contributed by atoms with Gasteiger partial charge in [0.05, 0.1) is 16.3 Å². The van der Waals surface area contributed by atoms with E-state index in [1.165, 1.54) is 12.1 Å². The zero-order valence-corrected chi connectivity index (χ0v) is 15.5. The molecule has 28 heavy (non-hydrogen) atoms. The molecule has 2 aromatic carbocycles. The van der Waals surface area contributed by atoms with Crippen LogP contribution in [0.1, 0.15) is 33.6 Å². The zero-order chi connectivity index (χ0) is 19.8. The predicted molar refractivity (Wildman–Crippen MR) is 102 cm³/mol. The predicted octanol–water partition coefficient (Wildman–Crippen LogP) is 2.83. The third kappa shape index (κ3) is 3.33. The summed E-state index contributed by atoms with van der Waals surface area (Å²) in [6, 6.07) is 9.68. The second kappa shape index (κ2) is 7.24. The fraction of sp³-hybridized carbons (Fsp3) is 0.250. The SMILES string of the molecule is O=C(NC1CCN2C(=O)c3ccccc3NC(=O)C2C1)c1ccc(F)c(Cl)c1. The molecule has 0 aromatic heterocycles. The van der Waals surface area contributed by atoms with Gasteiger partial charge in [0, 0.05) is 18.2 Å². The number of hydrogen-bond acceptors (Lipinski definition) is 3. The Morgan fingerprint density at radius 3 is 2.79 bits per heavy atom. The van der Waals surface area contributed by atoms with E-state index < -0.39 is 17.8 Å². The van der Waals surface area contributed by atoms with Crippen LogP contribution in [0.4, 0.5) is 10.1 Å². The van der Waals surface area contributed by atoms with Crippen molar-refractivity contribution in [1.29, 1.82) is 0 Å². The van der Waals surface area contributed by atoms with E-state index in [2.05, 4.69) is 10.6 Å². The summed E-state index contributed by atoms with van der Waals surface area (Å²) in [5.74, 6) is -1.47. The number of halogens is 2. The lowest BCUT2D eigenvalue weighted by molar-refractivity contribution is -0.121. The number of piperidine rings is 1. The third-order valence-corrected chi connectivity index (χ3v) is 5.39. The van der Waals surface area contributed by atoms with Gasteiger partial charge in [-0.3, -0.25) is 14.4 Å². The van der Waals surface area contributed by atoms with E-state index in [1.54, 1.807) is 29.2 Å². The van der Waals surface area contributed by atoms with E-state index in [-0.39, 0.29) is 28.4 Å². The van der Waals surface area contributed by atoms with Crippen LogP contribution in [0.3, 0.4) is 0 Å². The highest BCUT2D eigenvalue weighted by Gasteiger charge is 2.40. The number of amides is 3. The van der Waals surface area contributed by atoms with Crippen LogP contribution in [0, 0.1) is 5.82 Å². The van der Waals surface area contributed by atoms with Crippen LogP contribution in [0.5, 0.6) is 0 Å². The summed E-state index contributed by atoms with van der Waals surface area (Å²) in [7, 11) is 0. The smallest absolute Gasteiger partial charge is 0.256 e. The third-order valence-electron chi connectivity index (χ3n) is 5.10. The first-order valence-corrected chi connectivity index (χ1v) is 9.28. The van der Waals surface area contributed by atoms with Crippen molar-refractivity contribution >= 4 is 35.0 Å². The van der Waals surface area contributed by atoms with E-state index in [1.807, 2.05) is 0 Å².